The molecule has 0 spiro atoms. The SMILES string of the molecule is COc1ccc2nc(N(CC3CCCO3)C(=O)CSCc3ccccc3)sc2c1. The first-order chi connectivity index (χ1) is 14.2. The second-order valence-corrected chi connectivity index (χ2v) is 8.94. The smallest absolute Gasteiger partial charge is 0.238 e. The molecule has 1 fully saturated rings. The highest BCUT2D eigenvalue weighted by atomic mass is 32.2. The van der Waals surface area contributed by atoms with Gasteiger partial charge in [0.2, 0.25) is 5.91 Å². The zero-order valence-corrected chi connectivity index (χ0v) is 18.0. The largest absolute Gasteiger partial charge is 0.497 e. The maximum absolute atomic E-state index is 13.1. The number of hydrogen-bond acceptors (Lipinski definition) is 6. The zero-order valence-electron chi connectivity index (χ0n) is 16.4. The van der Waals surface area contributed by atoms with E-state index < -0.39 is 0 Å². The zero-order chi connectivity index (χ0) is 20.1. The number of anilines is 1. The van der Waals surface area contributed by atoms with Gasteiger partial charge in [-0.15, -0.1) is 11.8 Å². The van der Waals surface area contributed by atoms with Crippen molar-refractivity contribution in [2.45, 2.75) is 24.7 Å². The van der Waals surface area contributed by atoms with Crippen molar-refractivity contribution in [1.29, 1.82) is 0 Å². The number of ether oxygens (including phenoxy) is 2. The summed E-state index contributed by atoms with van der Waals surface area (Å²) in [4.78, 5) is 19.6. The lowest BCUT2D eigenvalue weighted by molar-refractivity contribution is -0.116. The van der Waals surface area contributed by atoms with Gasteiger partial charge in [0, 0.05) is 12.4 Å². The second-order valence-electron chi connectivity index (χ2n) is 6.95. The summed E-state index contributed by atoms with van der Waals surface area (Å²) in [5.74, 6) is 2.11. The Balaban J connectivity index is 1.50. The molecule has 1 aromatic heterocycles. The van der Waals surface area contributed by atoms with Crippen LogP contribution in [0.2, 0.25) is 0 Å². The number of methoxy groups -OCH3 is 1. The third kappa shape index (κ3) is 5.10. The van der Waals surface area contributed by atoms with Gasteiger partial charge >= 0.3 is 0 Å². The fourth-order valence-electron chi connectivity index (χ4n) is 3.32. The van der Waals surface area contributed by atoms with E-state index >= 15 is 0 Å². The molecule has 2 heterocycles. The van der Waals surface area contributed by atoms with Gasteiger partial charge in [-0.3, -0.25) is 9.69 Å². The maximum Gasteiger partial charge on any atom is 0.238 e. The van der Waals surface area contributed by atoms with E-state index in [2.05, 4.69) is 12.1 Å². The Labute approximate surface area is 179 Å². The predicted octanol–water partition coefficient (Wildman–Crippen LogP) is 4.75. The molecule has 1 aliphatic heterocycles. The summed E-state index contributed by atoms with van der Waals surface area (Å²) in [5.41, 5.74) is 2.11. The molecule has 7 heteroatoms. The first-order valence-corrected chi connectivity index (χ1v) is 11.7. The van der Waals surface area contributed by atoms with E-state index in [4.69, 9.17) is 14.5 Å². The molecule has 5 nitrogen and oxygen atoms in total. The molecule has 1 amide bonds. The number of benzene rings is 2. The molecule has 0 bridgehead atoms. The van der Waals surface area contributed by atoms with Gasteiger partial charge in [-0.2, -0.15) is 0 Å². The van der Waals surface area contributed by atoms with Crippen LogP contribution in [0.15, 0.2) is 48.5 Å². The molecule has 4 rings (SSSR count). The van der Waals surface area contributed by atoms with Gasteiger partial charge in [-0.1, -0.05) is 41.7 Å². The van der Waals surface area contributed by atoms with Crippen molar-refractivity contribution in [3.63, 3.8) is 0 Å². The first kappa shape index (κ1) is 20.2. The molecule has 0 N–H and O–H groups in total. The van der Waals surface area contributed by atoms with Crippen LogP contribution in [0, 0.1) is 0 Å². The van der Waals surface area contributed by atoms with Crippen LogP contribution < -0.4 is 9.64 Å². The molecule has 1 aliphatic rings. The standard InChI is InChI=1S/C22H24N2O3S2/c1-26-17-9-10-19-20(12-17)29-22(23-19)24(13-18-8-5-11-27-18)21(25)15-28-14-16-6-3-2-4-7-16/h2-4,6-7,9-10,12,18H,5,8,11,13-15H2,1H3. The van der Waals surface area contributed by atoms with E-state index in [1.165, 1.54) is 16.9 Å². The van der Waals surface area contributed by atoms with Gasteiger partial charge < -0.3 is 9.47 Å². The Morgan fingerprint density at radius 1 is 1.31 bits per heavy atom. The van der Waals surface area contributed by atoms with Crippen molar-refractivity contribution >= 4 is 44.4 Å². The third-order valence-electron chi connectivity index (χ3n) is 4.86. The van der Waals surface area contributed by atoms with Crippen molar-refractivity contribution in [3.8, 4) is 5.75 Å². The summed E-state index contributed by atoms with van der Waals surface area (Å²) in [6.45, 7) is 1.33. The number of aromatic nitrogens is 1. The highest BCUT2D eigenvalue weighted by Crippen LogP contribution is 2.32. The number of amides is 1. The Kier molecular flexibility index (Phi) is 6.69. The van der Waals surface area contributed by atoms with Gasteiger partial charge in [0.1, 0.15) is 5.75 Å². The van der Waals surface area contributed by atoms with Crippen molar-refractivity contribution in [3.05, 3.63) is 54.1 Å². The Hall–Kier alpha value is -2.09. The van der Waals surface area contributed by atoms with Crippen LogP contribution in [0.25, 0.3) is 10.2 Å². The lowest BCUT2D eigenvalue weighted by atomic mass is 10.2. The average Bonchev–Trinajstić information content (AvgIpc) is 3.41. The number of hydrogen-bond donors (Lipinski definition) is 0. The summed E-state index contributed by atoms with van der Waals surface area (Å²) in [7, 11) is 1.65. The molecule has 0 radical (unpaired) electrons. The third-order valence-corrected chi connectivity index (χ3v) is 6.89. The normalized spacial score (nSPS) is 16.2. The molecule has 29 heavy (non-hydrogen) atoms. The lowest BCUT2D eigenvalue weighted by Crippen LogP contribution is -2.38. The summed E-state index contributed by atoms with van der Waals surface area (Å²) >= 11 is 3.16. The second kappa shape index (κ2) is 9.61. The summed E-state index contributed by atoms with van der Waals surface area (Å²) in [6.07, 6.45) is 2.12. The van der Waals surface area contributed by atoms with Crippen LogP contribution in [0.5, 0.6) is 5.75 Å². The number of fused-ring (bicyclic) bond motifs is 1. The number of thioether (sulfide) groups is 1. The summed E-state index contributed by atoms with van der Waals surface area (Å²) < 4.78 is 12.1. The number of rotatable bonds is 8. The highest BCUT2D eigenvalue weighted by molar-refractivity contribution is 7.99. The van der Waals surface area contributed by atoms with E-state index in [0.717, 1.165) is 46.3 Å². The molecule has 152 valence electrons. The van der Waals surface area contributed by atoms with Crippen LogP contribution in [0.4, 0.5) is 5.13 Å². The molecule has 1 unspecified atom stereocenters. The molecule has 0 saturated carbocycles. The fraction of sp³-hybridized carbons (Fsp3) is 0.364. The van der Waals surface area contributed by atoms with Crippen molar-refractivity contribution in [2.75, 3.05) is 30.9 Å². The van der Waals surface area contributed by atoms with Crippen molar-refractivity contribution in [1.82, 2.24) is 4.98 Å². The molecule has 2 aromatic carbocycles. The Morgan fingerprint density at radius 3 is 2.93 bits per heavy atom. The van der Waals surface area contributed by atoms with E-state index in [0.29, 0.717) is 12.3 Å². The Morgan fingerprint density at radius 2 is 2.17 bits per heavy atom. The topological polar surface area (TPSA) is 51.7 Å². The van der Waals surface area contributed by atoms with Crippen molar-refractivity contribution < 1.29 is 14.3 Å². The van der Waals surface area contributed by atoms with E-state index in [9.17, 15) is 4.79 Å². The molecule has 1 atom stereocenters. The summed E-state index contributed by atoms with van der Waals surface area (Å²) in [6, 6.07) is 16.0. The maximum atomic E-state index is 13.1. The molecule has 0 aliphatic carbocycles. The fourth-order valence-corrected chi connectivity index (χ4v) is 5.20. The minimum Gasteiger partial charge on any atom is -0.497 e. The van der Waals surface area contributed by atoms with Gasteiger partial charge in [0.15, 0.2) is 5.13 Å². The number of carbonyl (C=O) groups is 1. The highest BCUT2D eigenvalue weighted by Gasteiger charge is 2.26. The monoisotopic (exact) mass is 428 g/mol. The van der Waals surface area contributed by atoms with Crippen LogP contribution >= 0.6 is 23.1 Å². The van der Waals surface area contributed by atoms with Crippen LogP contribution in [-0.4, -0.2) is 43.0 Å². The van der Waals surface area contributed by atoms with Crippen LogP contribution in [-0.2, 0) is 15.3 Å². The van der Waals surface area contributed by atoms with Crippen LogP contribution in [0.3, 0.4) is 0 Å². The van der Waals surface area contributed by atoms with E-state index in [-0.39, 0.29) is 12.0 Å². The number of thiazole rings is 1. The van der Waals surface area contributed by atoms with Gasteiger partial charge in [-0.05, 0) is 36.6 Å². The van der Waals surface area contributed by atoms with E-state index in [1.807, 2.05) is 41.3 Å². The minimum atomic E-state index is 0.0763. The number of nitrogens with zero attached hydrogens (tertiary/aromatic N) is 2. The van der Waals surface area contributed by atoms with Gasteiger partial charge in [0.05, 0.1) is 35.7 Å². The average molecular weight is 429 g/mol. The lowest BCUT2D eigenvalue weighted by Gasteiger charge is -2.23. The van der Waals surface area contributed by atoms with Gasteiger partial charge in [-0.25, -0.2) is 4.98 Å². The van der Waals surface area contributed by atoms with Gasteiger partial charge in [0.25, 0.3) is 0 Å². The molecule has 3 aromatic rings. The van der Waals surface area contributed by atoms with E-state index in [1.54, 1.807) is 18.9 Å². The van der Waals surface area contributed by atoms with Crippen LogP contribution in [0.1, 0.15) is 18.4 Å². The Bertz CT molecular complexity index is 955. The number of carbonyl (C=O) groups excluding carboxylic acids is 1. The molecular formula is C22H24N2O3S2. The molecular weight excluding hydrogens is 404 g/mol. The quantitative estimate of drug-likeness (QED) is 0.518. The molecule has 1 saturated heterocycles. The first-order valence-electron chi connectivity index (χ1n) is 9.71. The summed E-state index contributed by atoms with van der Waals surface area (Å²) in [5, 5.41) is 0.731. The minimum absolute atomic E-state index is 0.0763. The van der Waals surface area contributed by atoms with Crippen molar-refractivity contribution in [2.24, 2.45) is 0 Å². The predicted molar refractivity (Wildman–Crippen MR) is 120 cm³/mol.